The molecular formula is C16H20F2O. The molecule has 0 unspecified atom stereocenters. The third-order valence-electron chi connectivity index (χ3n) is 4.08. The molecular weight excluding hydrogens is 246 g/mol. The lowest BCUT2D eigenvalue weighted by Gasteiger charge is -2.28. The molecule has 0 heterocycles. The molecule has 0 aromatic heterocycles. The second-order valence-corrected chi connectivity index (χ2v) is 5.23. The van der Waals surface area contributed by atoms with Gasteiger partial charge in [-0.25, -0.2) is 4.39 Å². The average molecular weight is 266 g/mol. The highest BCUT2D eigenvalue weighted by molar-refractivity contribution is 5.33. The number of ether oxygens (including phenoxy) is 1. The molecule has 0 amide bonds. The fraction of sp³-hybridized carbons (Fsp3) is 0.500. The summed E-state index contributed by atoms with van der Waals surface area (Å²) in [5.41, 5.74) is 0.496. The van der Waals surface area contributed by atoms with E-state index in [0.29, 0.717) is 11.5 Å². The maximum absolute atomic E-state index is 14.0. The van der Waals surface area contributed by atoms with Crippen molar-refractivity contribution < 1.29 is 13.5 Å². The van der Waals surface area contributed by atoms with Crippen LogP contribution in [-0.4, -0.2) is 7.11 Å². The van der Waals surface area contributed by atoms with Crippen molar-refractivity contribution in [2.75, 3.05) is 7.11 Å². The molecule has 104 valence electrons. The third-order valence-corrected chi connectivity index (χ3v) is 4.08. The summed E-state index contributed by atoms with van der Waals surface area (Å²) in [6.45, 7) is 3.75. The second-order valence-electron chi connectivity index (χ2n) is 5.23. The minimum Gasteiger partial charge on any atom is -0.494 e. The van der Waals surface area contributed by atoms with Crippen molar-refractivity contribution in [1.29, 1.82) is 0 Å². The van der Waals surface area contributed by atoms with Crippen LogP contribution in [0.3, 0.4) is 0 Å². The van der Waals surface area contributed by atoms with E-state index in [1.165, 1.54) is 13.2 Å². The minimum absolute atomic E-state index is 0.0263. The van der Waals surface area contributed by atoms with E-state index in [4.69, 9.17) is 4.74 Å². The summed E-state index contributed by atoms with van der Waals surface area (Å²) in [5, 5.41) is 0. The molecule has 19 heavy (non-hydrogen) atoms. The second kappa shape index (κ2) is 6.18. The monoisotopic (exact) mass is 266 g/mol. The van der Waals surface area contributed by atoms with Gasteiger partial charge in [-0.15, -0.1) is 6.58 Å². The Hall–Kier alpha value is -1.38. The van der Waals surface area contributed by atoms with E-state index in [9.17, 15) is 8.78 Å². The molecule has 0 N–H and O–H groups in total. The Kier molecular flexibility index (Phi) is 4.56. The van der Waals surface area contributed by atoms with E-state index in [0.717, 1.165) is 32.1 Å². The summed E-state index contributed by atoms with van der Waals surface area (Å²) in [7, 11) is 1.35. The van der Waals surface area contributed by atoms with Crippen LogP contribution in [0.4, 0.5) is 8.78 Å². The van der Waals surface area contributed by atoms with Crippen LogP contribution in [0.5, 0.6) is 5.75 Å². The summed E-state index contributed by atoms with van der Waals surface area (Å²) < 4.78 is 32.5. The number of benzene rings is 1. The molecule has 2 rings (SSSR count). The van der Waals surface area contributed by atoms with Crippen LogP contribution in [0, 0.1) is 17.6 Å². The smallest absolute Gasteiger partial charge is 0.200 e. The highest BCUT2D eigenvalue weighted by atomic mass is 19.2. The number of halogens is 2. The van der Waals surface area contributed by atoms with Crippen molar-refractivity contribution in [2.45, 2.75) is 38.0 Å². The molecule has 1 aliphatic carbocycles. The van der Waals surface area contributed by atoms with Gasteiger partial charge in [-0.05, 0) is 55.6 Å². The van der Waals surface area contributed by atoms with Gasteiger partial charge in [0.15, 0.2) is 11.6 Å². The molecule has 1 aromatic rings. The molecule has 0 aliphatic heterocycles. The lowest BCUT2D eigenvalue weighted by molar-refractivity contribution is 0.318. The Morgan fingerprint density at radius 3 is 2.47 bits per heavy atom. The van der Waals surface area contributed by atoms with E-state index in [1.807, 2.05) is 6.08 Å². The first-order valence-electron chi connectivity index (χ1n) is 6.80. The van der Waals surface area contributed by atoms with Gasteiger partial charge in [-0.1, -0.05) is 12.1 Å². The zero-order valence-electron chi connectivity index (χ0n) is 11.3. The summed E-state index contributed by atoms with van der Waals surface area (Å²) in [5.74, 6) is -0.859. The van der Waals surface area contributed by atoms with Crippen LogP contribution in [0.1, 0.15) is 43.6 Å². The largest absolute Gasteiger partial charge is 0.494 e. The lowest BCUT2D eigenvalue weighted by atomic mass is 9.77. The van der Waals surface area contributed by atoms with Gasteiger partial charge in [0.05, 0.1) is 7.11 Å². The van der Waals surface area contributed by atoms with Crippen LogP contribution in [0.15, 0.2) is 24.8 Å². The first kappa shape index (κ1) is 14.0. The summed E-state index contributed by atoms with van der Waals surface area (Å²) >= 11 is 0. The summed E-state index contributed by atoms with van der Waals surface area (Å²) in [4.78, 5) is 0. The topological polar surface area (TPSA) is 9.23 Å². The summed E-state index contributed by atoms with van der Waals surface area (Å²) in [6.07, 6.45) is 6.92. The Morgan fingerprint density at radius 1 is 1.21 bits per heavy atom. The van der Waals surface area contributed by atoms with E-state index in [1.54, 1.807) is 6.07 Å². The molecule has 0 bridgehead atoms. The Balaban J connectivity index is 2.11. The molecule has 1 aliphatic rings. The molecule has 1 saturated carbocycles. The molecule has 1 fully saturated rings. The molecule has 0 radical (unpaired) electrons. The first-order valence-corrected chi connectivity index (χ1v) is 6.80. The van der Waals surface area contributed by atoms with Gasteiger partial charge in [0.1, 0.15) is 0 Å². The van der Waals surface area contributed by atoms with E-state index < -0.39 is 11.6 Å². The highest BCUT2D eigenvalue weighted by Gasteiger charge is 2.25. The van der Waals surface area contributed by atoms with Crippen LogP contribution >= 0.6 is 0 Å². The molecule has 0 saturated heterocycles. The van der Waals surface area contributed by atoms with Crippen LogP contribution in [0.2, 0.25) is 0 Å². The maximum Gasteiger partial charge on any atom is 0.200 e. The van der Waals surface area contributed by atoms with Crippen molar-refractivity contribution in [2.24, 2.45) is 5.92 Å². The van der Waals surface area contributed by atoms with Gasteiger partial charge in [0, 0.05) is 0 Å². The predicted octanol–water partition coefficient (Wildman–Crippen LogP) is 4.82. The van der Waals surface area contributed by atoms with Gasteiger partial charge in [-0.2, -0.15) is 4.39 Å². The minimum atomic E-state index is -0.867. The van der Waals surface area contributed by atoms with Gasteiger partial charge in [0.25, 0.3) is 0 Å². The maximum atomic E-state index is 14.0. The first-order chi connectivity index (χ1) is 9.17. The Bertz CT molecular complexity index is 448. The van der Waals surface area contributed by atoms with Crippen LogP contribution in [-0.2, 0) is 0 Å². The van der Waals surface area contributed by atoms with Gasteiger partial charge < -0.3 is 4.74 Å². The standard InChI is InChI=1S/C16H20F2O/c1-3-4-11-5-7-12(8-6-11)13-9-10-14(19-2)16(18)15(13)17/h3,9-12H,1,4-8H2,2H3. The fourth-order valence-corrected chi connectivity index (χ4v) is 2.96. The normalized spacial score (nSPS) is 23.1. The van der Waals surface area contributed by atoms with Gasteiger partial charge in [-0.3, -0.25) is 0 Å². The Labute approximate surface area is 113 Å². The highest BCUT2D eigenvalue weighted by Crippen LogP contribution is 2.39. The molecule has 0 spiro atoms. The van der Waals surface area contributed by atoms with Crippen molar-refractivity contribution in [3.8, 4) is 5.75 Å². The zero-order chi connectivity index (χ0) is 13.8. The van der Waals surface area contributed by atoms with E-state index in [2.05, 4.69) is 6.58 Å². The van der Waals surface area contributed by atoms with Gasteiger partial charge >= 0.3 is 0 Å². The van der Waals surface area contributed by atoms with Crippen LogP contribution < -0.4 is 4.74 Å². The van der Waals surface area contributed by atoms with Crippen molar-refractivity contribution in [3.63, 3.8) is 0 Å². The van der Waals surface area contributed by atoms with Crippen molar-refractivity contribution in [1.82, 2.24) is 0 Å². The Morgan fingerprint density at radius 2 is 1.89 bits per heavy atom. The number of hydrogen-bond acceptors (Lipinski definition) is 1. The molecule has 0 atom stereocenters. The quantitative estimate of drug-likeness (QED) is 0.710. The number of allylic oxidation sites excluding steroid dienone is 1. The molecule has 1 nitrogen and oxygen atoms in total. The predicted molar refractivity (Wildman–Crippen MR) is 72.4 cm³/mol. The van der Waals surface area contributed by atoms with Gasteiger partial charge in [0.2, 0.25) is 5.82 Å². The summed E-state index contributed by atoms with van der Waals surface area (Å²) in [6, 6.07) is 3.18. The number of methoxy groups -OCH3 is 1. The zero-order valence-corrected chi connectivity index (χ0v) is 11.3. The van der Waals surface area contributed by atoms with E-state index in [-0.39, 0.29) is 11.7 Å². The van der Waals surface area contributed by atoms with Crippen molar-refractivity contribution >= 4 is 0 Å². The number of hydrogen-bond donors (Lipinski definition) is 0. The fourth-order valence-electron chi connectivity index (χ4n) is 2.96. The average Bonchev–Trinajstić information content (AvgIpc) is 2.43. The third kappa shape index (κ3) is 2.96. The van der Waals surface area contributed by atoms with Crippen molar-refractivity contribution in [3.05, 3.63) is 42.0 Å². The number of rotatable bonds is 4. The SMILES string of the molecule is C=CCC1CCC(c2ccc(OC)c(F)c2F)CC1. The molecule has 1 aromatic carbocycles. The lowest BCUT2D eigenvalue weighted by Crippen LogP contribution is -2.14. The van der Waals surface area contributed by atoms with E-state index >= 15 is 0 Å². The van der Waals surface area contributed by atoms with Crippen LogP contribution in [0.25, 0.3) is 0 Å². The molecule has 3 heteroatoms.